The highest BCUT2D eigenvalue weighted by molar-refractivity contribution is 7.92. The number of hydrogen-bond acceptors (Lipinski definition) is 7. The quantitative estimate of drug-likeness (QED) is 0.478. The van der Waals surface area contributed by atoms with Crippen molar-refractivity contribution in [3.8, 4) is 5.75 Å². The van der Waals surface area contributed by atoms with Crippen molar-refractivity contribution >= 4 is 43.2 Å². The van der Waals surface area contributed by atoms with Crippen LogP contribution in [0.15, 0.2) is 47.4 Å². The highest BCUT2D eigenvalue weighted by Gasteiger charge is 2.23. The number of carbonyl (C=O) groups excluding carboxylic acids is 2. The van der Waals surface area contributed by atoms with E-state index in [9.17, 15) is 26.4 Å². The Labute approximate surface area is 206 Å². The third-order valence-corrected chi connectivity index (χ3v) is 7.44. The van der Waals surface area contributed by atoms with Crippen molar-refractivity contribution in [1.29, 1.82) is 0 Å². The number of benzene rings is 2. The summed E-state index contributed by atoms with van der Waals surface area (Å²) in [4.78, 5) is 26.2. The first-order valence-corrected chi connectivity index (χ1v) is 13.8. The van der Waals surface area contributed by atoms with E-state index < -0.39 is 32.5 Å². The number of amides is 2. The summed E-state index contributed by atoms with van der Waals surface area (Å²) in [6, 6.07) is 9.39. The second-order valence-corrected chi connectivity index (χ2v) is 11.8. The normalized spacial score (nSPS) is 11.7. The summed E-state index contributed by atoms with van der Waals surface area (Å²) in [5.74, 6) is -0.790. The molecular formula is C22H30N4O7S2. The number of sulfonamides is 2. The van der Waals surface area contributed by atoms with E-state index in [0.717, 1.165) is 10.6 Å². The highest BCUT2D eigenvalue weighted by Crippen LogP contribution is 2.28. The minimum Gasteiger partial charge on any atom is -0.495 e. The predicted octanol–water partition coefficient (Wildman–Crippen LogP) is 1.49. The molecule has 0 atom stereocenters. The number of ether oxygens (including phenoxy) is 1. The Balaban J connectivity index is 2.32. The molecule has 0 aliphatic carbocycles. The van der Waals surface area contributed by atoms with E-state index in [4.69, 9.17) is 4.74 Å². The zero-order chi connectivity index (χ0) is 26.6. The molecule has 0 saturated heterocycles. The molecule has 2 amide bonds. The lowest BCUT2D eigenvalue weighted by Gasteiger charge is -2.22. The van der Waals surface area contributed by atoms with Gasteiger partial charge in [0.1, 0.15) is 12.3 Å². The number of anilines is 2. The van der Waals surface area contributed by atoms with Crippen LogP contribution in [0.2, 0.25) is 0 Å². The van der Waals surface area contributed by atoms with Crippen molar-refractivity contribution in [1.82, 2.24) is 9.62 Å². The molecular weight excluding hydrogens is 496 g/mol. The Morgan fingerprint density at radius 2 is 1.60 bits per heavy atom. The Kier molecular flexibility index (Phi) is 8.87. The summed E-state index contributed by atoms with van der Waals surface area (Å²) in [6.45, 7) is 2.75. The zero-order valence-electron chi connectivity index (χ0n) is 20.4. The number of methoxy groups -OCH3 is 1. The number of nitrogens with zero attached hydrogens (tertiary/aromatic N) is 2. The molecule has 0 saturated carbocycles. The Morgan fingerprint density at radius 3 is 2.09 bits per heavy atom. The molecule has 2 N–H and O–H groups in total. The molecule has 2 aromatic carbocycles. The summed E-state index contributed by atoms with van der Waals surface area (Å²) < 4.78 is 58.4. The van der Waals surface area contributed by atoms with Crippen LogP contribution in [0.5, 0.6) is 5.75 Å². The summed E-state index contributed by atoms with van der Waals surface area (Å²) in [7, 11) is -3.18. The first-order chi connectivity index (χ1) is 16.2. The summed E-state index contributed by atoms with van der Waals surface area (Å²) in [5.41, 5.74) is 0.598. The molecule has 13 heteroatoms. The highest BCUT2D eigenvalue weighted by atomic mass is 32.2. The van der Waals surface area contributed by atoms with Gasteiger partial charge in [0, 0.05) is 25.7 Å². The van der Waals surface area contributed by atoms with Gasteiger partial charge < -0.3 is 15.0 Å². The molecule has 2 rings (SSSR count). The Hall–Kier alpha value is -3.16. The summed E-state index contributed by atoms with van der Waals surface area (Å²) >= 11 is 0. The van der Waals surface area contributed by atoms with Crippen molar-refractivity contribution in [2.75, 3.05) is 43.6 Å². The van der Waals surface area contributed by atoms with Gasteiger partial charge in [-0.2, -0.15) is 0 Å². The lowest BCUT2D eigenvalue weighted by atomic mass is 10.2. The van der Waals surface area contributed by atoms with Crippen molar-refractivity contribution < 1.29 is 31.2 Å². The largest absolute Gasteiger partial charge is 0.495 e. The van der Waals surface area contributed by atoms with Gasteiger partial charge in [-0.25, -0.2) is 21.6 Å². The van der Waals surface area contributed by atoms with Gasteiger partial charge in [-0.15, -0.1) is 0 Å². The van der Waals surface area contributed by atoms with Crippen LogP contribution in [0.3, 0.4) is 0 Å². The fourth-order valence-corrected chi connectivity index (χ4v) is 5.21. The van der Waals surface area contributed by atoms with Gasteiger partial charge in [0.15, 0.2) is 0 Å². The van der Waals surface area contributed by atoms with E-state index in [1.54, 1.807) is 27.9 Å². The fraction of sp³-hybridized carbons (Fsp3) is 0.364. The van der Waals surface area contributed by atoms with Gasteiger partial charge in [0.25, 0.3) is 5.91 Å². The van der Waals surface area contributed by atoms with E-state index in [1.165, 1.54) is 54.5 Å². The SMILES string of the molecule is COc1ccc(S(=O)(=O)NC(C)C)cc1NC(=O)CN(c1ccc(C(=O)N(C)C)cc1)S(C)(=O)=O. The van der Waals surface area contributed by atoms with Gasteiger partial charge in [-0.1, -0.05) is 0 Å². The Morgan fingerprint density at radius 1 is 1.00 bits per heavy atom. The molecule has 2 aromatic rings. The van der Waals surface area contributed by atoms with Crippen LogP contribution in [-0.2, 0) is 24.8 Å². The number of hydrogen-bond donors (Lipinski definition) is 2. The van der Waals surface area contributed by atoms with Crippen LogP contribution in [0.25, 0.3) is 0 Å². The number of rotatable bonds is 10. The van der Waals surface area contributed by atoms with Crippen LogP contribution < -0.4 is 19.1 Å². The van der Waals surface area contributed by atoms with Gasteiger partial charge >= 0.3 is 0 Å². The van der Waals surface area contributed by atoms with Crippen LogP contribution in [0, 0.1) is 0 Å². The van der Waals surface area contributed by atoms with Gasteiger partial charge in [-0.05, 0) is 56.3 Å². The first-order valence-electron chi connectivity index (χ1n) is 10.5. The molecule has 0 spiro atoms. The number of carbonyl (C=O) groups is 2. The van der Waals surface area contributed by atoms with Crippen molar-refractivity contribution in [2.24, 2.45) is 0 Å². The van der Waals surface area contributed by atoms with Crippen molar-refractivity contribution in [2.45, 2.75) is 24.8 Å². The molecule has 0 unspecified atom stereocenters. The van der Waals surface area contributed by atoms with E-state index >= 15 is 0 Å². The van der Waals surface area contributed by atoms with Crippen molar-refractivity contribution in [3.05, 3.63) is 48.0 Å². The average Bonchev–Trinajstić information content (AvgIpc) is 2.75. The second-order valence-electron chi connectivity index (χ2n) is 8.20. The topological polar surface area (TPSA) is 142 Å². The van der Waals surface area contributed by atoms with Crippen molar-refractivity contribution in [3.63, 3.8) is 0 Å². The maximum atomic E-state index is 12.8. The molecule has 0 aromatic heterocycles. The Bertz CT molecular complexity index is 1290. The monoisotopic (exact) mass is 526 g/mol. The molecule has 0 heterocycles. The zero-order valence-corrected chi connectivity index (χ0v) is 22.0. The van der Waals surface area contributed by atoms with Crippen LogP contribution in [0.1, 0.15) is 24.2 Å². The lowest BCUT2D eigenvalue weighted by molar-refractivity contribution is -0.114. The molecule has 0 fully saturated rings. The minimum absolute atomic E-state index is 0.0597. The van der Waals surface area contributed by atoms with Gasteiger partial charge in [-0.3, -0.25) is 13.9 Å². The smallest absolute Gasteiger partial charge is 0.253 e. The summed E-state index contributed by atoms with van der Waals surface area (Å²) in [5, 5.41) is 2.52. The molecule has 0 aliphatic rings. The van der Waals surface area contributed by atoms with Crippen LogP contribution in [-0.4, -0.2) is 73.6 Å². The van der Waals surface area contributed by atoms with Crippen LogP contribution in [0.4, 0.5) is 11.4 Å². The maximum Gasteiger partial charge on any atom is 0.253 e. The minimum atomic E-state index is -3.88. The second kappa shape index (κ2) is 11.1. The molecule has 0 bridgehead atoms. The van der Waals surface area contributed by atoms with Gasteiger partial charge in [0.2, 0.25) is 26.0 Å². The molecule has 192 valence electrons. The molecule has 0 radical (unpaired) electrons. The maximum absolute atomic E-state index is 12.8. The molecule has 0 aliphatic heterocycles. The predicted molar refractivity (Wildman–Crippen MR) is 134 cm³/mol. The summed E-state index contributed by atoms with van der Waals surface area (Å²) in [6.07, 6.45) is 0.949. The lowest BCUT2D eigenvalue weighted by Crippen LogP contribution is -2.37. The molecule has 35 heavy (non-hydrogen) atoms. The third-order valence-electron chi connectivity index (χ3n) is 4.64. The van der Waals surface area contributed by atoms with Gasteiger partial charge in [0.05, 0.1) is 29.6 Å². The molecule has 11 nitrogen and oxygen atoms in total. The van der Waals surface area contributed by atoms with Crippen LogP contribution >= 0.6 is 0 Å². The van der Waals surface area contributed by atoms with E-state index in [-0.39, 0.29) is 34.0 Å². The van der Waals surface area contributed by atoms with E-state index in [2.05, 4.69) is 10.0 Å². The first kappa shape index (κ1) is 28.1. The third kappa shape index (κ3) is 7.41. The van der Waals surface area contributed by atoms with E-state index in [0.29, 0.717) is 5.56 Å². The van der Waals surface area contributed by atoms with E-state index in [1.807, 2.05) is 0 Å². The standard InChI is InChI=1S/C22H30N4O7S2/c1-15(2)24-35(31,32)18-11-12-20(33-5)19(13-18)23-21(27)14-26(34(6,29)30)17-9-7-16(8-10-17)22(28)25(3)4/h7-13,15,24H,14H2,1-6H3,(H,23,27). The fourth-order valence-electron chi connectivity index (χ4n) is 3.08. The average molecular weight is 527 g/mol. The number of nitrogens with one attached hydrogen (secondary N) is 2.